The molecule has 5 heteroatoms. The maximum atomic E-state index is 12.1. The van der Waals surface area contributed by atoms with Gasteiger partial charge in [-0.2, -0.15) is 0 Å². The molecule has 0 heterocycles. The maximum Gasteiger partial charge on any atom is 0.150 e. The van der Waals surface area contributed by atoms with E-state index in [1.807, 2.05) is 0 Å². The summed E-state index contributed by atoms with van der Waals surface area (Å²) in [6, 6.07) is 0.444. The van der Waals surface area contributed by atoms with Gasteiger partial charge in [-0.3, -0.25) is 4.79 Å². The molecule has 0 aliphatic heterocycles. The Morgan fingerprint density at radius 2 is 2.00 bits per heavy atom. The average Bonchev–Trinajstić information content (AvgIpc) is 2.33. The van der Waals surface area contributed by atoms with E-state index < -0.39 is 9.84 Å². The Morgan fingerprint density at radius 1 is 1.32 bits per heavy atom. The summed E-state index contributed by atoms with van der Waals surface area (Å²) < 4.78 is 23.1. The third-order valence-electron chi connectivity index (χ3n) is 3.84. The van der Waals surface area contributed by atoms with Crippen LogP contribution in [0.25, 0.3) is 0 Å². The molecule has 0 saturated heterocycles. The molecule has 1 N–H and O–H groups in total. The van der Waals surface area contributed by atoms with Crippen LogP contribution in [0.5, 0.6) is 0 Å². The Bertz CT molecular complexity index is 389. The van der Waals surface area contributed by atoms with Gasteiger partial charge >= 0.3 is 0 Å². The van der Waals surface area contributed by atoms with Crippen molar-refractivity contribution in [2.75, 3.05) is 12.8 Å². The number of carbonyl (C=O) groups is 1. The van der Waals surface area contributed by atoms with Crippen LogP contribution in [0.15, 0.2) is 0 Å². The lowest BCUT2D eigenvalue weighted by Gasteiger charge is -2.27. The third-order valence-corrected chi connectivity index (χ3v) is 5.48. The molecule has 1 aliphatic carbocycles. The van der Waals surface area contributed by atoms with Gasteiger partial charge in [-0.05, 0) is 32.2 Å². The van der Waals surface area contributed by atoms with E-state index in [2.05, 4.69) is 19.2 Å². The smallest absolute Gasteiger partial charge is 0.150 e. The molecule has 1 rings (SSSR count). The number of hydrogen-bond acceptors (Lipinski definition) is 4. The van der Waals surface area contributed by atoms with Crippen LogP contribution >= 0.6 is 0 Å². The van der Waals surface area contributed by atoms with Crippen LogP contribution < -0.4 is 5.32 Å². The molecule has 0 radical (unpaired) electrons. The zero-order valence-electron chi connectivity index (χ0n) is 12.3. The highest BCUT2D eigenvalue weighted by atomic mass is 32.2. The Morgan fingerprint density at radius 3 is 2.58 bits per heavy atom. The van der Waals surface area contributed by atoms with Crippen molar-refractivity contribution in [2.45, 2.75) is 63.7 Å². The van der Waals surface area contributed by atoms with Gasteiger partial charge in [0.05, 0.1) is 5.25 Å². The summed E-state index contributed by atoms with van der Waals surface area (Å²) in [5.41, 5.74) is 0. The van der Waals surface area contributed by atoms with E-state index >= 15 is 0 Å². The molecule has 0 spiro atoms. The number of nitrogens with one attached hydrogen (secondary N) is 1. The highest BCUT2D eigenvalue weighted by Gasteiger charge is 2.31. The predicted molar refractivity (Wildman–Crippen MR) is 78.0 cm³/mol. The third kappa shape index (κ3) is 6.04. The lowest BCUT2D eigenvalue weighted by molar-refractivity contribution is -0.123. The van der Waals surface area contributed by atoms with Crippen LogP contribution in [0.1, 0.15) is 52.4 Å². The van der Waals surface area contributed by atoms with Gasteiger partial charge in [-0.25, -0.2) is 8.42 Å². The van der Waals surface area contributed by atoms with Crippen LogP contribution in [-0.4, -0.2) is 38.3 Å². The first kappa shape index (κ1) is 16.6. The van der Waals surface area contributed by atoms with Crippen molar-refractivity contribution in [2.24, 2.45) is 5.92 Å². The van der Waals surface area contributed by atoms with Crippen molar-refractivity contribution in [1.29, 1.82) is 0 Å². The van der Waals surface area contributed by atoms with E-state index in [9.17, 15) is 13.2 Å². The van der Waals surface area contributed by atoms with Gasteiger partial charge in [0.15, 0.2) is 0 Å². The Balaban J connectivity index is 2.36. The maximum absolute atomic E-state index is 12.1. The van der Waals surface area contributed by atoms with Gasteiger partial charge < -0.3 is 5.32 Å². The molecule has 2 unspecified atom stereocenters. The number of ketones is 1. The number of rotatable bonds is 7. The predicted octanol–water partition coefficient (Wildman–Crippen LogP) is 1.94. The lowest BCUT2D eigenvalue weighted by Crippen LogP contribution is -2.31. The molecule has 0 amide bonds. The second-order valence-corrected chi connectivity index (χ2v) is 8.32. The minimum absolute atomic E-state index is 0.0347. The number of Topliss-reactive ketones (excluding diaryl/α,β-unsaturated/α-hetero) is 1. The van der Waals surface area contributed by atoms with Crippen LogP contribution in [0.2, 0.25) is 0 Å². The summed E-state index contributed by atoms with van der Waals surface area (Å²) in [4.78, 5) is 12.1. The van der Waals surface area contributed by atoms with Crippen LogP contribution in [0.4, 0.5) is 0 Å². The summed E-state index contributed by atoms with van der Waals surface area (Å²) in [5, 5.41) is 2.99. The lowest BCUT2D eigenvalue weighted by atomic mass is 9.84. The zero-order valence-corrected chi connectivity index (χ0v) is 13.1. The summed E-state index contributed by atoms with van der Waals surface area (Å²) >= 11 is 0. The molecule has 1 saturated carbocycles. The van der Waals surface area contributed by atoms with E-state index in [1.165, 1.54) is 6.26 Å². The largest absolute Gasteiger partial charge is 0.315 e. The molecule has 2 atom stereocenters. The molecule has 1 fully saturated rings. The Hall–Kier alpha value is -0.420. The Labute approximate surface area is 117 Å². The summed E-state index contributed by atoms with van der Waals surface area (Å²) in [5.74, 6) is 0.214. The molecule has 112 valence electrons. The van der Waals surface area contributed by atoms with Gasteiger partial charge in [0.25, 0.3) is 0 Å². The van der Waals surface area contributed by atoms with E-state index in [4.69, 9.17) is 0 Å². The van der Waals surface area contributed by atoms with Crippen molar-refractivity contribution in [3.8, 4) is 0 Å². The monoisotopic (exact) mass is 289 g/mol. The first-order chi connectivity index (χ1) is 8.80. The van der Waals surface area contributed by atoms with Crippen molar-refractivity contribution in [3.05, 3.63) is 0 Å². The molecule has 0 aromatic carbocycles. The fraction of sp³-hybridized carbons (Fsp3) is 0.929. The molecule has 4 nitrogen and oxygen atoms in total. The molecule has 0 aromatic rings. The quantitative estimate of drug-likeness (QED) is 0.728. The van der Waals surface area contributed by atoms with Crippen LogP contribution in [0.3, 0.4) is 0 Å². The summed E-state index contributed by atoms with van der Waals surface area (Å²) in [7, 11) is -2.99. The standard InChI is InChI=1S/C14H27NO3S/c1-11(2)15-9-5-8-14(16)12-6-4-7-13(10-12)19(3,17)18/h11-13,15H,4-10H2,1-3H3. The first-order valence-corrected chi connectivity index (χ1v) is 9.21. The van der Waals surface area contributed by atoms with Gasteiger partial charge in [0, 0.05) is 24.6 Å². The SMILES string of the molecule is CC(C)NCCCC(=O)C1CCCC(S(C)(=O)=O)C1. The second-order valence-electron chi connectivity index (χ2n) is 5.99. The summed E-state index contributed by atoms with van der Waals surface area (Å²) in [6.07, 6.45) is 5.68. The van der Waals surface area contributed by atoms with Crippen molar-refractivity contribution < 1.29 is 13.2 Å². The Kier molecular flexibility index (Phi) is 6.47. The average molecular weight is 289 g/mol. The zero-order chi connectivity index (χ0) is 14.5. The highest BCUT2D eigenvalue weighted by Crippen LogP contribution is 2.29. The first-order valence-electron chi connectivity index (χ1n) is 7.25. The summed E-state index contributed by atoms with van der Waals surface area (Å²) in [6.45, 7) is 5.02. The van der Waals surface area contributed by atoms with Gasteiger partial charge in [0.1, 0.15) is 15.6 Å². The highest BCUT2D eigenvalue weighted by molar-refractivity contribution is 7.91. The molecular weight excluding hydrogens is 262 g/mol. The second kappa shape index (κ2) is 7.39. The number of carbonyl (C=O) groups excluding carboxylic acids is 1. The van der Waals surface area contributed by atoms with E-state index in [0.717, 1.165) is 32.2 Å². The number of hydrogen-bond donors (Lipinski definition) is 1. The van der Waals surface area contributed by atoms with E-state index in [1.54, 1.807) is 0 Å². The van der Waals surface area contributed by atoms with Crippen LogP contribution in [-0.2, 0) is 14.6 Å². The molecular formula is C14H27NO3S. The molecule has 1 aliphatic rings. The van der Waals surface area contributed by atoms with Crippen molar-refractivity contribution >= 4 is 15.6 Å². The van der Waals surface area contributed by atoms with E-state index in [0.29, 0.717) is 18.9 Å². The fourth-order valence-corrected chi connectivity index (χ4v) is 3.86. The van der Waals surface area contributed by atoms with Crippen LogP contribution in [0, 0.1) is 5.92 Å². The van der Waals surface area contributed by atoms with E-state index in [-0.39, 0.29) is 17.0 Å². The van der Waals surface area contributed by atoms with Gasteiger partial charge in [-0.1, -0.05) is 20.3 Å². The number of sulfone groups is 1. The minimum atomic E-state index is -2.99. The van der Waals surface area contributed by atoms with Gasteiger partial charge in [-0.15, -0.1) is 0 Å². The fourth-order valence-electron chi connectivity index (χ4n) is 2.68. The van der Waals surface area contributed by atoms with Crippen molar-refractivity contribution in [1.82, 2.24) is 5.32 Å². The van der Waals surface area contributed by atoms with Crippen molar-refractivity contribution in [3.63, 3.8) is 0 Å². The molecule has 19 heavy (non-hydrogen) atoms. The minimum Gasteiger partial charge on any atom is -0.315 e. The molecule has 0 bridgehead atoms. The normalized spacial score (nSPS) is 24.6. The van der Waals surface area contributed by atoms with Gasteiger partial charge in [0.2, 0.25) is 0 Å². The molecule has 0 aromatic heterocycles. The topological polar surface area (TPSA) is 63.2 Å².